The van der Waals surface area contributed by atoms with Crippen molar-refractivity contribution in [3.05, 3.63) is 29.6 Å². The Kier molecular flexibility index (Phi) is 4.31. The highest BCUT2D eigenvalue weighted by molar-refractivity contribution is 5.37. The second kappa shape index (κ2) is 6.43. The second-order valence-corrected chi connectivity index (χ2v) is 7.78. The van der Waals surface area contributed by atoms with E-state index in [9.17, 15) is 4.39 Å². The molecule has 3 heteroatoms. The quantitative estimate of drug-likeness (QED) is 0.808. The molecular formula is C20H28FNO. The van der Waals surface area contributed by atoms with Crippen molar-refractivity contribution in [2.24, 2.45) is 11.8 Å². The average Bonchev–Trinajstić information content (AvgIpc) is 2.96. The van der Waals surface area contributed by atoms with Gasteiger partial charge in [-0.05, 0) is 87.6 Å². The highest BCUT2D eigenvalue weighted by Gasteiger charge is 2.39. The van der Waals surface area contributed by atoms with Crippen LogP contribution in [-0.2, 0) is 0 Å². The number of rotatable bonds is 3. The van der Waals surface area contributed by atoms with Crippen LogP contribution >= 0.6 is 0 Å². The van der Waals surface area contributed by atoms with E-state index in [2.05, 4.69) is 4.90 Å². The number of fused-ring (bicyclic) bond motifs is 2. The van der Waals surface area contributed by atoms with Crippen molar-refractivity contribution in [1.82, 2.24) is 4.90 Å². The van der Waals surface area contributed by atoms with Crippen LogP contribution in [-0.4, -0.2) is 31.1 Å². The zero-order valence-corrected chi connectivity index (χ0v) is 14.1. The molecule has 126 valence electrons. The van der Waals surface area contributed by atoms with E-state index in [4.69, 9.17) is 4.74 Å². The maximum atomic E-state index is 13.6. The van der Waals surface area contributed by atoms with Crippen molar-refractivity contribution in [3.63, 3.8) is 0 Å². The zero-order chi connectivity index (χ0) is 15.8. The molecule has 0 radical (unpaired) electrons. The number of piperidine rings is 1. The van der Waals surface area contributed by atoms with Crippen LogP contribution in [0.25, 0.3) is 0 Å². The molecule has 4 rings (SSSR count). The highest BCUT2D eigenvalue weighted by atomic mass is 19.1. The molecule has 23 heavy (non-hydrogen) atoms. The van der Waals surface area contributed by atoms with Crippen LogP contribution < -0.4 is 4.74 Å². The Morgan fingerprint density at radius 2 is 1.83 bits per heavy atom. The van der Waals surface area contributed by atoms with Gasteiger partial charge in [-0.2, -0.15) is 0 Å². The molecule has 1 aromatic rings. The predicted molar refractivity (Wildman–Crippen MR) is 90.4 cm³/mol. The van der Waals surface area contributed by atoms with Crippen molar-refractivity contribution >= 4 is 0 Å². The number of benzene rings is 1. The van der Waals surface area contributed by atoms with Gasteiger partial charge in [0.25, 0.3) is 0 Å². The van der Waals surface area contributed by atoms with E-state index in [1.807, 2.05) is 0 Å². The summed E-state index contributed by atoms with van der Waals surface area (Å²) in [6.07, 6.45) is 9.51. The van der Waals surface area contributed by atoms with Crippen LogP contribution in [0.3, 0.4) is 0 Å². The average molecular weight is 317 g/mol. The first-order valence-corrected chi connectivity index (χ1v) is 9.32. The third kappa shape index (κ3) is 3.00. The summed E-state index contributed by atoms with van der Waals surface area (Å²) in [6, 6.07) is 5.78. The van der Waals surface area contributed by atoms with Gasteiger partial charge >= 0.3 is 0 Å². The molecule has 1 aromatic carbocycles. The van der Waals surface area contributed by atoms with Crippen LogP contribution in [0.5, 0.6) is 5.75 Å². The van der Waals surface area contributed by atoms with E-state index in [1.54, 1.807) is 19.2 Å². The number of hydrogen-bond donors (Lipinski definition) is 0. The molecule has 2 saturated carbocycles. The number of halogens is 1. The number of likely N-dealkylation sites (tertiary alicyclic amines) is 1. The van der Waals surface area contributed by atoms with Gasteiger partial charge in [0, 0.05) is 11.6 Å². The van der Waals surface area contributed by atoms with E-state index in [1.165, 1.54) is 38.2 Å². The van der Waals surface area contributed by atoms with Crippen LogP contribution in [0.15, 0.2) is 18.2 Å². The summed E-state index contributed by atoms with van der Waals surface area (Å²) in [5.74, 6) is 3.13. The summed E-state index contributed by atoms with van der Waals surface area (Å²) in [4.78, 5) is 2.74. The summed E-state index contributed by atoms with van der Waals surface area (Å²) in [5, 5.41) is 0. The summed E-state index contributed by atoms with van der Waals surface area (Å²) in [6.45, 7) is 2.33. The molecule has 2 aliphatic carbocycles. The normalized spacial score (nSPS) is 32.2. The lowest BCUT2D eigenvalue weighted by atomic mass is 9.81. The van der Waals surface area contributed by atoms with Gasteiger partial charge in [0.05, 0.1) is 7.11 Å². The minimum atomic E-state index is -0.146. The summed E-state index contributed by atoms with van der Waals surface area (Å²) in [7, 11) is 1.68. The fraction of sp³-hybridized carbons (Fsp3) is 0.700. The summed E-state index contributed by atoms with van der Waals surface area (Å²) < 4.78 is 19.1. The SMILES string of the molecule is COc1ccc(F)cc1C1CCN(C2CCC3CCC2C3)CC1. The number of nitrogens with zero attached hydrogens (tertiary/aromatic N) is 1. The molecule has 0 amide bonds. The van der Waals surface area contributed by atoms with Gasteiger partial charge < -0.3 is 9.64 Å². The lowest BCUT2D eigenvalue weighted by Crippen LogP contribution is -2.45. The van der Waals surface area contributed by atoms with E-state index in [-0.39, 0.29) is 5.82 Å². The largest absolute Gasteiger partial charge is 0.496 e. The van der Waals surface area contributed by atoms with Crippen LogP contribution in [0.1, 0.15) is 56.4 Å². The summed E-state index contributed by atoms with van der Waals surface area (Å²) >= 11 is 0. The Labute approximate surface area is 139 Å². The first-order chi connectivity index (χ1) is 11.2. The molecule has 0 spiro atoms. The van der Waals surface area contributed by atoms with Gasteiger partial charge in [0.15, 0.2) is 0 Å². The van der Waals surface area contributed by atoms with Crippen LogP contribution in [0, 0.1) is 17.7 Å². The van der Waals surface area contributed by atoms with Crippen molar-refractivity contribution in [2.75, 3.05) is 20.2 Å². The Balaban J connectivity index is 1.42. The third-order valence-electron chi connectivity index (χ3n) is 6.63. The first kappa shape index (κ1) is 15.4. The molecule has 1 heterocycles. The molecule has 2 nitrogen and oxygen atoms in total. The number of hydrogen-bond acceptors (Lipinski definition) is 2. The highest BCUT2D eigenvalue weighted by Crippen LogP contribution is 2.45. The molecule has 2 bridgehead atoms. The smallest absolute Gasteiger partial charge is 0.123 e. The zero-order valence-electron chi connectivity index (χ0n) is 14.1. The number of methoxy groups -OCH3 is 1. The van der Waals surface area contributed by atoms with Crippen molar-refractivity contribution < 1.29 is 9.13 Å². The lowest BCUT2D eigenvalue weighted by molar-refractivity contribution is 0.0837. The third-order valence-corrected chi connectivity index (χ3v) is 6.63. The topological polar surface area (TPSA) is 12.5 Å². The predicted octanol–water partition coefficient (Wildman–Crippen LogP) is 4.59. The van der Waals surface area contributed by atoms with Gasteiger partial charge in [-0.15, -0.1) is 0 Å². The Morgan fingerprint density at radius 3 is 2.61 bits per heavy atom. The molecular weight excluding hydrogens is 289 g/mol. The molecule has 3 fully saturated rings. The fourth-order valence-corrected chi connectivity index (χ4v) is 5.41. The van der Waals surface area contributed by atoms with Gasteiger partial charge in [-0.3, -0.25) is 0 Å². The summed E-state index contributed by atoms with van der Waals surface area (Å²) in [5.41, 5.74) is 1.07. The first-order valence-electron chi connectivity index (χ1n) is 9.32. The van der Waals surface area contributed by atoms with Gasteiger partial charge in [-0.25, -0.2) is 4.39 Å². The van der Waals surface area contributed by atoms with Crippen molar-refractivity contribution in [2.45, 2.75) is 56.9 Å². The molecule has 0 aromatic heterocycles. The minimum absolute atomic E-state index is 0.146. The van der Waals surface area contributed by atoms with Gasteiger partial charge in [-0.1, -0.05) is 6.42 Å². The Morgan fingerprint density at radius 1 is 1.04 bits per heavy atom. The molecule has 0 N–H and O–H groups in total. The van der Waals surface area contributed by atoms with Crippen LogP contribution in [0.2, 0.25) is 0 Å². The lowest BCUT2D eigenvalue weighted by Gasteiger charge is -2.42. The van der Waals surface area contributed by atoms with E-state index < -0.39 is 0 Å². The maximum absolute atomic E-state index is 13.6. The Bertz CT molecular complexity index is 553. The van der Waals surface area contributed by atoms with E-state index in [0.717, 1.165) is 55.1 Å². The van der Waals surface area contributed by atoms with E-state index in [0.29, 0.717) is 5.92 Å². The molecule has 3 aliphatic rings. The molecule has 3 unspecified atom stereocenters. The fourth-order valence-electron chi connectivity index (χ4n) is 5.41. The molecule has 1 saturated heterocycles. The number of ether oxygens (including phenoxy) is 1. The van der Waals surface area contributed by atoms with Crippen molar-refractivity contribution in [1.29, 1.82) is 0 Å². The minimum Gasteiger partial charge on any atom is -0.496 e. The standard InChI is InChI=1S/C20H28FNO/c1-23-20-7-5-17(21)13-18(20)15-8-10-22(11-9-15)19-6-3-14-2-4-16(19)12-14/h5,7,13-16,19H,2-4,6,8-12H2,1H3. The molecule has 1 aliphatic heterocycles. The van der Waals surface area contributed by atoms with Gasteiger partial charge in [0.1, 0.15) is 11.6 Å². The second-order valence-electron chi connectivity index (χ2n) is 7.78. The van der Waals surface area contributed by atoms with Crippen molar-refractivity contribution in [3.8, 4) is 5.75 Å². The van der Waals surface area contributed by atoms with E-state index >= 15 is 0 Å². The van der Waals surface area contributed by atoms with Gasteiger partial charge in [0.2, 0.25) is 0 Å². The maximum Gasteiger partial charge on any atom is 0.123 e. The monoisotopic (exact) mass is 317 g/mol. The van der Waals surface area contributed by atoms with Crippen LogP contribution in [0.4, 0.5) is 4.39 Å². The molecule has 3 atom stereocenters. The Hall–Kier alpha value is -1.09.